The first-order chi connectivity index (χ1) is 8.85. The molecule has 0 aromatic carbocycles. The van der Waals surface area contributed by atoms with Crippen LogP contribution in [0.3, 0.4) is 0 Å². The first-order valence-corrected chi connectivity index (χ1v) is 7.13. The predicted octanol–water partition coefficient (Wildman–Crippen LogP) is 1.72. The third kappa shape index (κ3) is 2.63. The Kier molecular flexibility index (Phi) is 3.62. The molecule has 0 bridgehead atoms. The molecule has 1 unspecified atom stereocenters. The van der Waals surface area contributed by atoms with Gasteiger partial charge in [-0.2, -0.15) is 0 Å². The van der Waals surface area contributed by atoms with E-state index in [2.05, 4.69) is 10.3 Å². The number of aromatic nitrogens is 1. The number of nitrogens with zero attached hydrogens (tertiary/aromatic N) is 1. The molecule has 1 aliphatic carbocycles. The van der Waals surface area contributed by atoms with Gasteiger partial charge >= 0.3 is 5.97 Å². The van der Waals surface area contributed by atoms with Gasteiger partial charge in [-0.1, -0.05) is 20.8 Å². The third-order valence-corrected chi connectivity index (χ3v) is 4.84. The molecular formula is C13H18N2O3S. The van der Waals surface area contributed by atoms with E-state index in [0.717, 1.165) is 5.01 Å². The van der Waals surface area contributed by atoms with Crippen molar-refractivity contribution in [1.29, 1.82) is 0 Å². The molecule has 0 spiro atoms. The van der Waals surface area contributed by atoms with E-state index in [9.17, 15) is 9.59 Å². The molecule has 1 saturated carbocycles. The molecule has 1 heterocycles. The number of aliphatic carboxylic acids is 1. The summed E-state index contributed by atoms with van der Waals surface area (Å²) < 4.78 is 0. The van der Waals surface area contributed by atoms with Gasteiger partial charge in [-0.25, -0.2) is 4.98 Å². The molecule has 0 saturated heterocycles. The quantitative estimate of drug-likeness (QED) is 0.862. The molecule has 6 heteroatoms. The van der Waals surface area contributed by atoms with Crippen LogP contribution in [-0.4, -0.2) is 28.5 Å². The van der Waals surface area contributed by atoms with Crippen molar-refractivity contribution >= 4 is 23.2 Å². The molecule has 2 rings (SSSR count). The van der Waals surface area contributed by atoms with Gasteiger partial charge < -0.3 is 10.4 Å². The number of carbonyl (C=O) groups excluding carboxylic acids is 1. The van der Waals surface area contributed by atoms with Crippen LogP contribution in [0.15, 0.2) is 11.6 Å². The van der Waals surface area contributed by atoms with E-state index in [-0.39, 0.29) is 11.8 Å². The molecule has 3 atom stereocenters. The Morgan fingerprint density at radius 2 is 2.21 bits per heavy atom. The Labute approximate surface area is 116 Å². The minimum atomic E-state index is -0.891. The number of amides is 1. The normalized spacial score (nSPS) is 25.6. The molecule has 2 N–H and O–H groups in total. The fourth-order valence-electron chi connectivity index (χ4n) is 2.52. The summed E-state index contributed by atoms with van der Waals surface area (Å²) >= 11 is 1.56. The van der Waals surface area contributed by atoms with Crippen molar-refractivity contribution in [2.75, 3.05) is 6.54 Å². The van der Waals surface area contributed by atoms with E-state index >= 15 is 0 Å². The Bertz CT molecular complexity index is 484. The highest BCUT2D eigenvalue weighted by Crippen LogP contribution is 2.58. The van der Waals surface area contributed by atoms with Crippen molar-refractivity contribution in [2.24, 2.45) is 17.3 Å². The number of hydrogen-bond donors (Lipinski definition) is 2. The number of thiazole rings is 1. The number of rotatable bonds is 5. The minimum absolute atomic E-state index is 0.147. The molecule has 0 radical (unpaired) electrons. The molecule has 104 valence electrons. The Morgan fingerprint density at radius 1 is 1.53 bits per heavy atom. The topological polar surface area (TPSA) is 79.3 Å². The zero-order chi connectivity index (χ0) is 14.2. The molecule has 1 aromatic heterocycles. The van der Waals surface area contributed by atoms with Crippen LogP contribution in [0.4, 0.5) is 0 Å². The zero-order valence-corrected chi connectivity index (χ0v) is 12.0. The van der Waals surface area contributed by atoms with Gasteiger partial charge in [-0.3, -0.25) is 9.59 Å². The van der Waals surface area contributed by atoms with Crippen molar-refractivity contribution in [2.45, 2.75) is 26.7 Å². The van der Waals surface area contributed by atoms with Crippen LogP contribution in [0.25, 0.3) is 0 Å². The van der Waals surface area contributed by atoms with E-state index < -0.39 is 23.2 Å². The standard InChI is InChI=1S/C13H18N2O3S/c1-7(11-14-4-5-19-11)6-15-10(16)8-9(12(17)18)13(8,2)3/h4-5,7-9H,6H2,1-3H3,(H,15,16)(H,17,18)/t7?,8-,9+/m1/s1. The summed E-state index contributed by atoms with van der Waals surface area (Å²) in [5.74, 6) is -1.90. The predicted molar refractivity (Wildman–Crippen MR) is 71.9 cm³/mol. The maximum atomic E-state index is 12.0. The lowest BCUT2D eigenvalue weighted by molar-refractivity contribution is -0.140. The van der Waals surface area contributed by atoms with Crippen LogP contribution in [-0.2, 0) is 9.59 Å². The van der Waals surface area contributed by atoms with E-state index in [1.165, 1.54) is 0 Å². The molecule has 1 aliphatic rings. The number of carboxylic acids is 1. The van der Waals surface area contributed by atoms with Crippen LogP contribution in [0.1, 0.15) is 31.7 Å². The molecular weight excluding hydrogens is 264 g/mol. The second-order valence-corrected chi connectivity index (χ2v) is 6.56. The Morgan fingerprint density at radius 3 is 2.68 bits per heavy atom. The number of carboxylic acid groups (broad SMARTS) is 1. The summed E-state index contributed by atoms with van der Waals surface area (Å²) in [5, 5.41) is 14.8. The van der Waals surface area contributed by atoms with Gasteiger partial charge in [0, 0.05) is 24.0 Å². The van der Waals surface area contributed by atoms with Gasteiger partial charge in [0.25, 0.3) is 0 Å². The van der Waals surface area contributed by atoms with Gasteiger partial charge in [0.15, 0.2) is 0 Å². The molecule has 1 fully saturated rings. The van der Waals surface area contributed by atoms with E-state index in [4.69, 9.17) is 5.11 Å². The second kappa shape index (κ2) is 4.92. The van der Waals surface area contributed by atoms with Crippen LogP contribution < -0.4 is 5.32 Å². The largest absolute Gasteiger partial charge is 0.481 e. The van der Waals surface area contributed by atoms with E-state index in [1.807, 2.05) is 26.2 Å². The van der Waals surface area contributed by atoms with E-state index in [0.29, 0.717) is 6.54 Å². The average Bonchev–Trinajstić information content (AvgIpc) is 2.74. The van der Waals surface area contributed by atoms with Crippen molar-refractivity contribution < 1.29 is 14.7 Å². The molecule has 1 amide bonds. The fraction of sp³-hybridized carbons (Fsp3) is 0.615. The second-order valence-electron chi connectivity index (χ2n) is 5.63. The van der Waals surface area contributed by atoms with Crippen LogP contribution in [0.5, 0.6) is 0 Å². The number of nitrogens with one attached hydrogen (secondary N) is 1. The maximum Gasteiger partial charge on any atom is 0.307 e. The van der Waals surface area contributed by atoms with Gasteiger partial charge in [0.05, 0.1) is 16.8 Å². The third-order valence-electron chi connectivity index (χ3n) is 3.83. The van der Waals surface area contributed by atoms with Crippen molar-refractivity contribution in [3.05, 3.63) is 16.6 Å². The molecule has 19 heavy (non-hydrogen) atoms. The first kappa shape index (κ1) is 14.0. The zero-order valence-electron chi connectivity index (χ0n) is 11.2. The highest BCUT2D eigenvalue weighted by molar-refractivity contribution is 7.09. The maximum absolute atomic E-state index is 12.0. The van der Waals surface area contributed by atoms with Crippen LogP contribution in [0.2, 0.25) is 0 Å². The van der Waals surface area contributed by atoms with Crippen molar-refractivity contribution in [3.63, 3.8) is 0 Å². The summed E-state index contributed by atoms with van der Waals surface area (Å²) in [5.41, 5.74) is -0.444. The Hall–Kier alpha value is -1.43. The molecule has 5 nitrogen and oxygen atoms in total. The first-order valence-electron chi connectivity index (χ1n) is 6.25. The van der Waals surface area contributed by atoms with Gasteiger partial charge in [0.2, 0.25) is 5.91 Å². The minimum Gasteiger partial charge on any atom is -0.481 e. The van der Waals surface area contributed by atoms with Crippen molar-refractivity contribution in [3.8, 4) is 0 Å². The summed E-state index contributed by atoms with van der Waals surface area (Å²) in [4.78, 5) is 27.2. The number of carbonyl (C=O) groups is 2. The van der Waals surface area contributed by atoms with Gasteiger partial charge in [-0.15, -0.1) is 11.3 Å². The van der Waals surface area contributed by atoms with Crippen molar-refractivity contribution in [1.82, 2.24) is 10.3 Å². The lowest BCUT2D eigenvalue weighted by Gasteiger charge is -2.10. The van der Waals surface area contributed by atoms with Gasteiger partial charge in [-0.05, 0) is 5.41 Å². The summed E-state index contributed by atoms with van der Waals surface area (Å²) in [7, 11) is 0. The smallest absolute Gasteiger partial charge is 0.307 e. The highest BCUT2D eigenvalue weighted by atomic mass is 32.1. The monoisotopic (exact) mass is 282 g/mol. The fourth-order valence-corrected chi connectivity index (χ4v) is 3.22. The van der Waals surface area contributed by atoms with Crippen LogP contribution in [0, 0.1) is 17.3 Å². The van der Waals surface area contributed by atoms with Crippen LogP contribution >= 0.6 is 11.3 Å². The number of hydrogen-bond acceptors (Lipinski definition) is 4. The van der Waals surface area contributed by atoms with E-state index in [1.54, 1.807) is 17.5 Å². The highest BCUT2D eigenvalue weighted by Gasteiger charge is 2.65. The summed E-state index contributed by atoms with van der Waals surface area (Å²) in [6.07, 6.45) is 1.74. The lowest BCUT2D eigenvalue weighted by Crippen LogP contribution is -2.30. The SMILES string of the molecule is CC(CNC(=O)[C@H]1[C@@H](C(=O)O)C1(C)C)c1nccs1. The Balaban J connectivity index is 1.88. The summed E-state index contributed by atoms with van der Waals surface area (Å²) in [6.45, 7) is 6.12. The van der Waals surface area contributed by atoms with Gasteiger partial charge in [0.1, 0.15) is 0 Å². The molecule has 1 aromatic rings. The average molecular weight is 282 g/mol. The molecule has 0 aliphatic heterocycles. The lowest BCUT2D eigenvalue weighted by atomic mass is 10.1. The summed E-state index contributed by atoms with van der Waals surface area (Å²) in [6, 6.07) is 0.